The zero-order chi connectivity index (χ0) is 35.8. The third-order valence-electron chi connectivity index (χ3n) is 11.5. The summed E-state index contributed by atoms with van der Waals surface area (Å²) in [5.41, 5.74) is -2.06. The molecule has 48 heavy (non-hydrogen) atoms. The average molecular weight is 683 g/mol. The van der Waals surface area contributed by atoms with Gasteiger partial charge in [0.15, 0.2) is 17.7 Å². The van der Waals surface area contributed by atoms with E-state index in [9.17, 15) is 19.5 Å². The molecule has 13 atom stereocenters. The number of hydrogen-bond acceptors (Lipinski definition) is 12. The highest BCUT2D eigenvalue weighted by Gasteiger charge is 2.55. The number of fused-ring (bicyclic) bond motifs is 1. The van der Waals surface area contributed by atoms with Crippen LogP contribution in [0.2, 0.25) is 0 Å². The summed E-state index contributed by atoms with van der Waals surface area (Å²) in [5.74, 6) is -3.04. The fourth-order valence-electron chi connectivity index (χ4n) is 7.88. The molecule has 0 radical (unpaired) electrons. The molecule has 3 heterocycles. The summed E-state index contributed by atoms with van der Waals surface area (Å²) < 4.78 is 31.2. The van der Waals surface area contributed by atoms with Gasteiger partial charge in [0.25, 0.3) is 0 Å². The third-order valence-corrected chi connectivity index (χ3v) is 11.5. The number of aliphatic hydroxyl groups excluding tert-OH is 1. The average Bonchev–Trinajstić information content (AvgIpc) is 3.69. The predicted molar refractivity (Wildman–Crippen MR) is 179 cm³/mol. The lowest BCUT2D eigenvalue weighted by Crippen LogP contribution is -2.60. The molecule has 1 aliphatic carbocycles. The van der Waals surface area contributed by atoms with Gasteiger partial charge in [0.05, 0.1) is 23.9 Å². The molecule has 13 heteroatoms. The van der Waals surface area contributed by atoms with Crippen molar-refractivity contribution in [3.8, 4) is 0 Å². The van der Waals surface area contributed by atoms with Crippen molar-refractivity contribution in [3.63, 3.8) is 0 Å². The lowest BCUT2D eigenvalue weighted by atomic mass is 9.78. The number of carbonyl (C=O) groups is 3. The molecule has 0 aromatic heterocycles. The Hall–Kier alpha value is -1.87. The minimum Gasteiger partial charge on any atom is -0.458 e. The highest BCUT2D eigenvalue weighted by Crippen LogP contribution is 2.38. The van der Waals surface area contributed by atoms with Crippen LogP contribution in [0.25, 0.3) is 0 Å². The van der Waals surface area contributed by atoms with Crippen LogP contribution < -0.4 is 16.0 Å². The van der Waals surface area contributed by atoms with Crippen LogP contribution in [-0.2, 0) is 33.3 Å². The number of nitrogens with one attached hydrogen (secondary N) is 3. The standard InChI is InChI=1S/C35H62N4O9/c1-12-25-35(8)28(38-32(43)48-35)22(5)36-17-19(2)16-34(7,44-11)29(20(3)26(40)21(4)30(42)46-25)47-31-27(41)24(39(9)10)15-23(45-31)18-37-33(6)13-14-33/h19-25,27-29,31,36-37,41H,12-18H2,1-11H3,(H,38,43)/t19-,20+,21-,22-,23+,24?,25-,27?,28-,29-,31+,34-,35-/m1/s1. The molecule has 2 unspecified atom stereocenters. The van der Waals surface area contributed by atoms with E-state index in [-0.39, 0.29) is 35.4 Å². The summed E-state index contributed by atoms with van der Waals surface area (Å²) in [6, 6.07) is -0.968. The van der Waals surface area contributed by atoms with Gasteiger partial charge in [-0.3, -0.25) is 9.59 Å². The van der Waals surface area contributed by atoms with Gasteiger partial charge in [-0.25, -0.2) is 4.79 Å². The number of esters is 1. The lowest BCUT2D eigenvalue weighted by molar-refractivity contribution is -0.297. The van der Waals surface area contributed by atoms with E-state index in [2.05, 4.69) is 29.8 Å². The Morgan fingerprint density at radius 1 is 1.08 bits per heavy atom. The smallest absolute Gasteiger partial charge is 0.408 e. The first-order valence-electron chi connectivity index (χ1n) is 17.8. The summed E-state index contributed by atoms with van der Waals surface area (Å²) in [7, 11) is 5.45. The second kappa shape index (κ2) is 15.2. The molecule has 4 fully saturated rings. The summed E-state index contributed by atoms with van der Waals surface area (Å²) in [4.78, 5) is 42.3. The number of ketones is 1. The largest absolute Gasteiger partial charge is 0.458 e. The van der Waals surface area contributed by atoms with Gasteiger partial charge in [-0.2, -0.15) is 0 Å². The number of methoxy groups -OCH3 is 1. The minimum atomic E-state index is -1.15. The molecule has 276 valence electrons. The first kappa shape index (κ1) is 38.9. The van der Waals surface area contributed by atoms with Crippen LogP contribution in [0, 0.1) is 17.8 Å². The topological polar surface area (TPSA) is 157 Å². The number of cyclic esters (lactones) is 1. The van der Waals surface area contributed by atoms with E-state index in [0.29, 0.717) is 32.4 Å². The predicted octanol–water partition coefficient (Wildman–Crippen LogP) is 2.37. The Balaban J connectivity index is 1.67. The Morgan fingerprint density at radius 3 is 2.33 bits per heavy atom. The normalized spacial score (nSPS) is 44.2. The Bertz CT molecular complexity index is 1150. The summed E-state index contributed by atoms with van der Waals surface area (Å²) in [6.07, 6.45) is -0.809. The van der Waals surface area contributed by atoms with E-state index < -0.39 is 65.7 Å². The number of ether oxygens (including phenoxy) is 5. The number of hydrogen-bond donors (Lipinski definition) is 4. The maximum atomic E-state index is 14.2. The van der Waals surface area contributed by atoms with Crippen LogP contribution in [0.15, 0.2) is 0 Å². The molecule has 0 aromatic rings. The van der Waals surface area contributed by atoms with Crippen molar-refractivity contribution in [1.29, 1.82) is 0 Å². The van der Waals surface area contributed by atoms with Crippen molar-refractivity contribution >= 4 is 17.8 Å². The van der Waals surface area contributed by atoms with Crippen molar-refractivity contribution in [2.75, 3.05) is 34.3 Å². The molecule has 0 bridgehead atoms. The highest BCUT2D eigenvalue weighted by molar-refractivity contribution is 6.00. The molecular formula is C35H62N4O9. The molecule has 1 saturated carbocycles. The number of nitrogens with zero attached hydrogens (tertiary/aromatic N) is 1. The maximum absolute atomic E-state index is 14.2. The van der Waals surface area contributed by atoms with Crippen molar-refractivity contribution < 1.29 is 43.2 Å². The fourth-order valence-corrected chi connectivity index (χ4v) is 7.88. The van der Waals surface area contributed by atoms with Crippen LogP contribution >= 0.6 is 0 Å². The summed E-state index contributed by atoms with van der Waals surface area (Å²) >= 11 is 0. The Kier molecular flexibility index (Phi) is 12.3. The number of Topliss-reactive ketones (excluding diaryl/α,β-unsaturated/α-hetero) is 1. The zero-order valence-corrected chi connectivity index (χ0v) is 31.0. The van der Waals surface area contributed by atoms with Gasteiger partial charge in [-0.05, 0) is 93.3 Å². The lowest BCUT2D eigenvalue weighted by Gasteiger charge is -2.47. The molecule has 13 nitrogen and oxygen atoms in total. The molecule has 1 amide bonds. The molecule has 4 rings (SSSR count). The maximum Gasteiger partial charge on any atom is 0.408 e. The van der Waals surface area contributed by atoms with Gasteiger partial charge >= 0.3 is 12.1 Å². The first-order valence-corrected chi connectivity index (χ1v) is 17.8. The van der Waals surface area contributed by atoms with Gasteiger partial charge in [0.1, 0.15) is 18.1 Å². The van der Waals surface area contributed by atoms with Crippen molar-refractivity contribution in [3.05, 3.63) is 0 Å². The number of aliphatic hydroxyl groups is 1. The van der Waals surface area contributed by atoms with Crippen LogP contribution in [-0.4, -0.2) is 128 Å². The summed E-state index contributed by atoms with van der Waals surface area (Å²) in [6.45, 7) is 16.2. The number of carbonyl (C=O) groups excluding carboxylic acids is 3. The molecule has 4 N–H and O–H groups in total. The number of alkyl carbamates (subject to hydrolysis) is 1. The molecule has 3 aliphatic heterocycles. The van der Waals surface area contributed by atoms with Crippen LogP contribution in [0.4, 0.5) is 4.79 Å². The van der Waals surface area contributed by atoms with E-state index >= 15 is 0 Å². The van der Waals surface area contributed by atoms with E-state index in [1.54, 1.807) is 21.0 Å². The highest BCUT2D eigenvalue weighted by atomic mass is 16.7. The molecule has 4 aliphatic rings. The third kappa shape index (κ3) is 8.35. The second-order valence-corrected chi connectivity index (χ2v) is 15.8. The van der Waals surface area contributed by atoms with Gasteiger partial charge in [0, 0.05) is 37.2 Å². The van der Waals surface area contributed by atoms with Crippen molar-refractivity contribution in [1.82, 2.24) is 20.9 Å². The zero-order valence-electron chi connectivity index (χ0n) is 31.0. The number of likely N-dealkylation sites (N-methyl/N-ethyl adjacent to an activating group) is 1. The van der Waals surface area contributed by atoms with Crippen LogP contribution in [0.5, 0.6) is 0 Å². The molecular weight excluding hydrogens is 620 g/mol. The monoisotopic (exact) mass is 682 g/mol. The molecule has 0 spiro atoms. The Morgan fingerprint density at radius 2 is 1.75 bits per heavy atom. The van der Waals surface area contributed by atoms with Crippen molar-refractivity contribution in [2.45, 2.75) is 153 Å². The van der Waals surface area contributed by atoms with E-state index in [4.69, 9.17) is 23.7 Å². The van der Waals surface area contributed by atoms with Crippen LogP contribution in [0.1, 0.15) is 87.5 Å². The number of amides is 1. The SMILES string of the molecule is CC[C@H]1OC(=O)[C@H](C)C(=O)[C@H](C)[C@@H](O[C@@H]2O[C@H](CNC3(C)CC3)CC(N(C)C)C2O)[C@](C)(OC)C[C@@H](C)CN[C@H](C)[C@H]2NC(=O)O[C@@]21C. The quantitative estimate of drug-likeness (QED) is 0.219. The van der Waals surface area contributed by atoms with Gasteiger partial charge in [0.2, 0.25) is 0 Å². The molecule has 0 aromatic carbocycles. The van der Waals surface area contributed by atoms with Gasteiger partial charge in [-0.1, -0.05) is 20.8 Å². The molecule has 3 saturated heterocycles. The van der Waals surface area contributed by atoms with Gasteiger partial charge in [-0.15, -0.1) is 0 Å². The minimum absolute atomic E-state index is 0.0282. The van der Waals surface area contributed by atoms with Crippen LogP contribution in [0.3, 0.4) is 0 Å². The second-order valence-electron chi connectivity index (χ2n) is 15.8. The first-order chi connectivity index (χ1) is 22.4. The van der Waals surface area contributed by atoms with Gasteiger partial charge < -0.3 is 49.6 Å². The van der Waals surface area contributed by atoms with E-state index in [0.717, 1.165) is 12.8 Å². The van der Waals surface area contributed by atoms with E-state index in [1.807, 2.05) is 39.8 Å². The fraction of sp³-hybridized carbons (Fsp3) is 0.914. The summed E-state index contributed by atoms with van der Waals surface area (Å²) in [5, 5.41) is 21.6. The Labute approximate surface area is 286 Å². The number of rotatable bonds is 8. The van der Waals surface area contributed by atoms with Crippen molar-refractivity contribution in [2.24, 2.45) is 17.8 Å². The van der Waals surface area contributed by atoms with E-state index in [1.165, 1.54) is 6.92 Å².